The van der Waals surface area contributed by atoms with Crippen molar-refractivity contribution >= 4 is 0 Å². The van der Waals surface area contributed by atoms with Gasteiger partial charge >= 0.3 is 0 Å². The van der Waals surface area contributed by atoms with Gasteiger partial charge in [-0.3, -0.25) is 0 Å². The van der Waals surface area contributed by atoms with Crippen molar-refractivity contribution in [3.63, 3.8) is 0 Å². The van der Waals surface area contributed by atoms with E-state index in [2.05, 4.69) is 6.92 Å². The Kier molecular flexibility index (Phi) is 0.697. The Labute approximate surface area is 79.1 Å². The van der Waals surface area contributed by atoms with Gasteiger partial charge in [-0.1, -0.05) is 6.92 Å². The van der Waals surface area contributed by atoms with Gasteiger partial charge in [0.05, 0.1) is 0 Å². The molecule has 9 atom stereocenters. The molecule has 6 rings (SSSR count). The first-order valence-electron chi connectivity index (χ1n) is 6.00. The van der Waals surface area contributed by atoms with Crippen LogP contribution in [0.3, 0.4) is 0 Å². The van der Waals surface area contributed by atoms with E-state index in [4.69, 9.17) is 5.73 Å². The Balaban J connectivity index is 1.90. The number of hydrogen-bond acceptors (Lipinski definition) is 1. The first kappa shape index (κ1) is 6.44. The van der Waals surface area contributed by atoms with Gasteiger partial charge in [-0.15, -0.1) is 0 Å². The summed E-state index contributed by atoms with van der Waals surface area (Å²) in [5.74, 6) is 7.57. The maximum Gasteiger partial charge on any atom is 0.0133 e. The van der Waals surface area contributed by atoms with E-state index in [1.165, 1.54) is 0 Å². The van der Waals surface area contributed by atoms with Crippen molar-refractivity contribution < 1.29 is 0 Å². The van der Waals surface area contributed by atoms with Gasteiger partial charge in [-0.2, -0.15) is 0 Å². The SMILES string of the molecule is C[C@@]12[C@H]3[C@H]4C[C@@H]1[C@@H]1[C@H]4C[C@H]3[C@@H]1[C@@H]2N. The van der Waals surface area contributed by atoms with Gasteiger partial charge in [0.15, 0.2) is 0 Å². The van der Waals surface area contributed by atoms with E-state index < -0.39 is 0 Å². The van der Waals surface area contributed by atoms with E-state index in [1.54, 1.807) is 12.8 Å². The third kappa shape index (κ3) is 0.353. The lowest BCUT2D eigenvalue weighted by Gasteiger charge is -2.40. The number of hydrogen-bond donors (Lipinski definition) is 1. The van der Waals surface area contributed by atoms with Crippen LogP contribution in [-0.4, -0.2) is 6.04 Å². The van der Waals surface area contributed by atoms with Crippen LogP contribution < -0.4 is 5.73 Å². The zero-order chi connectivity index (χ0) is 8.53. The molecule has 0 aromatic heterocycles. The summed E-state index contributed by atoms with van der Waals surface area (Å²) in [5.41, 5.74) is 7.08. The molecule has 0 spiro atoms. The third-order valence-corrected chi connectivity index (χ3v) is 7.09. The molecule has 0 aliphatic heterocycles. The van der Waals surface area contributed by atoms with Crippen LogP contribution in [0, 0.1) is 46.8 Å². The Bertz CT molecular complexity index is 321. The zero-order valence-electron chi connectivity index (χ0n) is 8.11. The van der Waals surface area contributed by atoms with Gasteiger partial charge in [0.1, 0.15) is 0 Å². The molecule has 6 fully saturated rings. The molecule has 0 heterocycles. The Morgan fingerprint density at radius 3 is 2.69 bits per heavy atom. The lowest BCUT2D eigenvalue weighted by Crippen LogP contribution is -2.40. The summed E-state index contributed by atoms with van der Waals surface area (Å²) >= 11 is 0. The molecule has 0 radical (unpaired) electrons. The molecule has 6 saturated carbocycles. The maximum absolute atomic E-state index is 6.47. The molecule has 0 saturated heterocycles. The highest BCUT2D eigenvalue weighted by molar-refractivity contribution is 5.33. The van der Waals surface area contributed by atoms with Crippen LogP contribution >= 0.6 is 0 Å². The fraction of sp³-hybridized carbons (Fsp3) is 1.00. The second-order valence-electron chi connectivity index (χ2n) is 6.64. The highest BCUT2D eigenvalue weighted by atomic mass is 15.0. The van der Waals surface area contributed by atoms with Crippen molar-refractivity contribution in [2.24, 2.45) is 52.6 Å². The molecular formula is C12H17N. The monoisotopic (exact) mass is 175 g/mol. The van der Waals surface area contributed by atoms with Crippen molar-refractivity contribution in [1.82, 2.24) is 0 Å². The Hall–Kier alpha value is -0.0400. The average molecular weight is 175 g/mol. The molecule has 0 unspecified atom stereocenters. The van der Waals surface area contributed by atoms with E-state index in [-0.39, 0.29) is 0 Å². The van der Waals surface area contributed by atoms with Gasteiger partial charge in [0, 0.05) is 6.04 Å². The van der Waals surface area contributed by atoms with Crippen LogP contribution in [-0.2, 0) is 0 Å². The summed E-state index contributed by atoms with van der Waals surface area (Å²) in [6.07, 6.45) is 3.14. The molecule has 1 heteroatoms. The van der Waals surface area contributed by atoms with E-state index in [0.717, 1.165) is 41.4 Å². The first-order valence-corrected chi connectivity index (χ1v) is 6.00. The molecule has 0 aromatic carbocycles. The van der Waals surface area contributed by atoms with E-state index in [1.807, 2.05) is 0 Å². The second-order valence-corrected chi connectivity index (χ2v) is 6.64. The molecular weight excluding hydrogens is 158 g/mol. The van der Waals surface area contributed by atoms with Crippen LogP contribution in [0.2, 0.25) is 0 Å². The van der Waals surface area contributed by atoms with Crippen LogP contribution in [0.5, 0.6) is 0 Å². The van der Waals surface area contributed by atoms with Crippen LogP contribution in [0.25, 0.3) is 0 Å². The van der Waals surface area contributed by atoms with E-state index in [9.17, 15) is 0 Å². The number of nitrogens with two attached hydrogens (primary N) is 1. The van der Waals surface area contributed by atoms with Crippen molar-refractivity contribution in [3.8, 4) is 0 Å². The summed E-state index contributed by atoms with van der Waals surface area (Å²) in [6, 6.07) is 0.593. The van der Waals surface area contributed by atoms with Gasteiger partial charge in [-0.25, -0.2) is 0 Å². The Morgan fingerprint density at radius 2 is 1.92 bits per heavy atom. The van der Waals surface area contributed by atoms with E-state index >= 15 is 0 Å². The molecule has 2 N–H and O–H groups in total. The minimum absolute atomic E-state index is 0.593. The van der Waals surface area contributed by atoms with E-state index in [0.29, 0.717) is 11.5 Å². The van der Waals surface area contributed by atoms with Crippen molar-refractivity contribution in [1.29, 1.82) is 0 Å². The molecule has 6 aliphatic rings. The quantitative estimate of drug-likeness (QED) is 0.593. The molecule has 0 aromatic rings. The topological polar surface area (TPSA) is 26.0 Å². The number of rotatable bonds is 0. The van der Waals surface area contributed by atoms with Gasteiger partial charge < -0.3 is 5.73 Å². The molecule has 6 aliphatic carbocycles. The predicted octanol–water partition coefficient (Wildman–Crippen LogP) is 1.48. The fourth-order valence-electron chi connectivity index (χ4n) is 7.20. The summed E-state index contributed by atoms with van der Waals surface area (Å²) in [6.45, 7) is 2.53. The smallest absolute Gasteiger partial charge is 0.0133 e. The molecule has 13 heavy (non-hydrogen) atoms. The standard InChI is InChI=1S/C12H17N/c1-12-7-3-5-4-2-6(10(5)12)9(8(4)7)11(12)13/h4-11H,2-3,13H2,1H3/t4-,5-,6-,7+,8-,9-,10-,11-,12-/m0/s1. The van der Waals surface area contributed by atoms with Crippen molar-refractivity contribution in [2.45, 2.75) is 25.8 Å². The zero-order valence-corrected chi connectivity index (χ0v) is 8.11. The largest absolute Gasteiger partial charge is 0.327 e. The highest BCUT2D eigenvalue weighted by Gasteiger charge is 2.84. The third-order valence-electron chi connectivity index (χ3n) is 7.09. The first-order chi connectivity index (χ1) is 6.24. The second kappa shape index (κ2) is 1.41. The molecule has 1 nitrogen and oxygen atoms in total. The maximum atomic E-state index is 6.47. The van der Waals surface area contributed by atoms with Crippen LogP contribution in [0.1, 0.15) is 19.8 Å². The minimum atomic E-state index is 0.593. The van der Waals surface area contributed by atoms with Crippen LogP contribution in [0.15, 0.2) is 0 Å². The molecule has 70 valence electrons. The molecule has 0 amide bonds. The summed E-state index contributed by atoms with van der Waals surface area (Å²) in [7, 11) is 0. The Morgan fingerprint density at radius 1 is 1.08 bits per heavy atom. The average Bonchev–Trinajstić information content (AvgIpc) is 2.73. The normalized spacial score (nSPS) is 85.4. The van der Waals surface area contributed by atoms with Crippen molar-refractivity contribution in [2.75, 3.05) is 0 Å². The summed E-state index contributed by atoms with van der Waals surface area (Å²) in [4.78, 5) is 0. The lowest BCUT2D eigenvalue weighted by atomic mass is 9.64. The molecule has 6 bridgehead atoms. The highest BCUT2D eigenvalue weighted by Crippen LogP contribution is 2.86. The van der Waals surface area contributed by atoms with Gasteiger partial charge in [0.2, 0.25) is 0 Å². The summed E-state index contributed by atoms with van der Waals surface area (Å²) < 4.78 is 0. The van der Waals surface area contributed by atoms with Gasteiger partial charge in [0.25, 0.3) is 0 Å². The van der Waals surface area contributed by atoms with Gasteiger partial charge in [-0.05, 0) is 59.7 Å². The predicted molar refractivity (Wildman–Crippen MR) is 49.7 cm³/mol. The fourth-order valence-corrected chi connectivity index (χ4v) is 7.20. The minimum Gasteiger partial charge on any atom is -0.327 e. The van der Waals surface area contributed by atoms with Crippen LogP contribution in [0.4, 0.5) is 0 Å². The van der Waals surface area contributed by atoms with Crippen molar-refractivity contribution in [3.05, 3.63) is 0 Å². The lowest BCUT2D eigenvalue weighted by molar-refractivity contribution is 0.0672. The summed E-state index contributed by atoms with van der Waals surface area (Å²) in [5, 5.41) is 0.